The Labute approximate surface area is 175 Å². The number of nitrogens with zero attached hydrogens (tertiary/aromatic N) is 5. The Morgan fingerprint density at radius 2 is 1.77 bits per heavy atom. The third-order valence-corrected chi connectivity index (χ3v) is 5.02. The van der Waals surface area contributed by atoms with Crippen LogP contribution in [-0.4, -0.2) is 39.1 Å². The predicted molar refractivity (Wildman–Crippen MR) is 119 cm³/mol. The molecule has 7 nitrogen and oxygen atoms in total. The van der Waals surface area contributed by atoms with Gasteiger partial charge in [0.2, 0.25) is 5.91 Å². The van der Waals surface area contributed by atoms with Crippen LogP contribution < -0.4 is 10.2 Å². The molecule has 0 radical (unpaired) electrons. The van der Waals surface area contributed by atoms with Gasteiger partial charge in [-0.2, -0.15) is 14.6 Å². The summed E-state index contributed by atoms with van der Waals surface area (Å²) in [6.45, 7) is 6.23. The number of nitrogens with one attached hydrogen (secondary N) is 1. The van der Waals surface area contributed by atoms with E-state index < -0.39 is 0 Å². The van der Waals surface area contributed by atoms with Gasteiger partial charge in [0, 0.05) is 24.4 Å². The zero-order valence-corrected chi connectivity index (χ0v) is 17.5. The third-order valence-electron chi connectivity index (χ3n) is 5.02. The SMILES string of the molecule is Cc1cc(C)c(NC(=O)CN(C)c2cc(-c3ccccc3)nc3ncnn23)c(C)c1. The first kappa shape index (κ1) is 19.6. The fourth-order valence-corrected chi connectivity index (χ4v) is 3.68. The van der Waals surface area contributed by atoms with Gasteiger partial charge in [-0.15, -0.1) is 0 Å². The van der Waals surface area contributed by atoms with E-state index in [-0.39, 0.29) is 12.5 Å². The number of aromatic nitrogens is 4. The molecule has 0 bridgehead atoms. The molecule has 2 aromatic heterocycles. The number of hydrogen-bond acceptors (Lipinski definition) is 5. The molecule has 0 unspecified atom stereocenters. The Balaban J connectivity index is 1.61. The average Bonchev–Trinajstić information content (AvgIpc) is 3.19. The van der Waals surface area contributed by atoms with Gasteiger partial charge in [-0.25, -0.2) is 4.98 Å². The minimum absolute atomic E-state index is 0.0982. The first-order valence-electron chi connectivity index (χ1n) is 9.77. The highest BCUT2D eigenvalue weighted by molar-refractivity contribution is 5.95. The molecule has 4 aromatic rings. The van der Waals surface area contributed by atoms with Crippen molar-refractivity contribution >= 4 is 23.2 Å². The molecule has 0 fully saturated rings. The van der Waals surface area contributed by atoms with Crippen molar-refractivity contribution in [2.45, 2.75) is 20.8 Å². The summed E-state index contributed by atoms with van der Waals surface area (Å²) in [6.07, 6.45) is 1.47. The highest BCUT2D eigenvalue weighted by Crippen LogP contribution is 2.24. The topological polar surface area (TPSA) is 75.4 Å². The van der Waals surface area contributed by atoms with Crippen LogP contribution >= 0.6 is 0 Å². The van der Waals surface area contributed by atoms with E-state index in [1.807, 2.05) is 62.2 Å². The Hall–Kier alpha value is -3.74. The van der Waals surface area contributed by atoms with Gasteiger partial charge in [0.05, 0.1) is 12.2 Å². The molecule has 7 heteroatoms. The van der Waals surface area contributed by atoms with E-state index in [2.05, 4.69) is 39.4 Å². The number of carbonyl (C=O) groups excluding carboxylic acids is 1. The van der Waals surface area contributed by atoms with Crippen LogP contribution in [0.3, 0.4) is 0 Å². The van der Waals surface area contributed by atoms with Gasteiger partial charge in [-0.1, -0.05) is 48.0 Å². The van der Waals surface area contributed by atoms with Gasteiger partial charge >= 0.3 is 0 Å². The van der Waals surface area contributed by atoms with Crippen molar-refractivity contribution < 1.29 is 4.79 Å². The van der Waals surface area contributed by atoms with Crippen LogP contribution in [0.15, 0.2) is 54.9 Å². The number of aryl methyl sites for hydroxylation is 3. The predicted octanol–water partition coefficient (Wildman–Crippen LogP) is 3.79. The number of likely N-dealkylation sites (N-methyl/N-ethyl adjacent to an activating group) is 1. The Bertz CT molecular complexity index is 1190. The van der Waals surface area contributed by atoms with E-state index in [9.17, 15) is 4.79 Å². The molecule has 152 valence electrons. The fourth-order valence-electron chi connectivity index (χ4n) is 3.68. The maximum absolute atomic E-state index is 12.8. The van der Waals surface area contributed by atoms with Crippen LogP contribution in [0.4, 0.5) is 11.5 Å². The molecule has 2 aromatic carbocycles. The number of hydrogen-bond donors (Lipinski definition) is 1. The number of anilines is 2. The maximum Gasteiger partial charge on any atom is 0.254 e. The Morgan fingerprint density at radius 3 is 2.47 bits per heavy atom. The van der Waals surface area contributed by atoms with Gasteiger partial charge < -0.3 is 10.2 Å². The smallest absolute Gasteiger partial charge is 0.254 e. The van der Waals surface area contributed by atoms with Crippen molar-refractivity contribution in [1.82, 2.24) is 19.6 Å². The van der Waals surface area contributed by atoms with E-state index in [1.54, 1.807) is 4.52 Å². The van der Waals surface area contributed by atoms with Gasteiger partial charge in [0.25, 0.3) is 5.78 Å². The van der Waals surface area contributed by atoms with Gasteiger partial charge in [-0.05, 0) is 31.9 Å². The lowest BCUT2D eigenvalue weighted by Crippen LogP contribution is -2.32. The summed E-state index contributed by atoms with van der Waals surface area (Å²) < 4.78 is 1.64. The molecular formula is C23H24N6O. The van der Waals surface area contributed by atoms with Crippen molar-refractivity contribution in [2.24, 2.45) is 0 Å². The largest absolute Gasteiger partial charge is 0.350 e. The Kier molecular flexibility index (Phi) is 5.18. The monoisotopic (exact) mass is 400 g/mol. The summed E-state index contributed by atoms with van der Waals surface area (Å²) in [6, 6.07) is 15.9. The second-order valence-corrected chi connectivity index (χ2v) is 7.52. The molecule has 0 spiro atoms. The molecule has 0 atom stereocenters. The summed E-state index contributed by atoms with van der Waals surface area (Å²) in [5, 5.41) is 7.33. The van der Waals surface area contributed by atoms with Crippen molar-refractivity contribution in [1.29, 1.82) is 0 Å². The lowest BCUT2D eigenvalue weighted by atomic mass is 10.1. The Morgan fingerprint density at radius 1 is 1.07 bits per heavy atom. The fraction of sp³-hybridized carbons (Fsp3) is 0.217. The van der Waals surface area contributed by atoms with Crippen LogP contribution in [0.1, 0.15) is 16.7 Å². The zero-order valence-electron chi connectivity index (χ0n) is 17.5. The number of fused-ring (bicyclic) bond motifs is 1. The van der Waals surface area contributed by atoms with Gasteiger partial charge in [-0.3, -0.25) is 4.79 Å². The summed E-state index contributed by atoms with van der Waals surface area (Å²) in [5.74, 6) is 1.13. The van der Waals surface area contributed by atoms with Crippen LogP contribution in [0.25, 0.3) is 17.0 Å². The third kappa shape index (κ3) is 3.87. The highest BCUT2D eigenvalue weighted by Gasteiger charge is 2.16. The molecule has 0 aliphatic rings. The molecule has 30 heavy (non-hydrogen) atoms. The minimum atomic E-state index is -0.0982. The maximum atomic E-state index is 12.8. The van der Waals surface area contributed by atoms with E-state index >= 15 is 0 Å². The van der Waals surface area contributed by atoms with Gasteiger partial charge in [0.15, 0.2) is 0 Å². The van der Waals surface area contributed by atoms with Crippen LogP contribution in [-0.2, 0) is 4.79 Å². The molecule has 4 rings (SSSR count). The number of amides is 1. The van der Waals surface area contributed by atoms with Crippen molar-refractivity contribution in [3.63, 3.8) is 0 Å². The molecule has 1 N–H and O–H groups in total. The number of benzene rings is 2. The van der Waals surface area contributed by atoms with E-state index in [0.29, 0.717) is 5.78 Å². The first-order chi connectivity index (χ1) is 14.4. The minimum Gasteiger partial charge on any atom is -0.350 e. The molecule has 1 amide bonds. The lowest BCUT2D eigenvalue weighted by Gasteiger charge is -2.21. The number of rotatable bonds is 5. The molecule has 0 aliphatic heterocycles. The van der Waals surface area contributed by atoms with Crippen molar-refractivity contribution in [3.05, 3.63) is 71.5 Å². The second kappa shape index (κ2) is 7.94. The summed E-state index contributed by atoms with van der Waals surface area (Å²) in [5.41, 5.74) is 5.91. The first-order valence-corrected chi connectivity index (χ1v) is 9.77. The molecule has 0 saturated heterocycles. The molecule has 0 saturated carbocycles. The normalized spacial score (nSPS) is 10.9. The average molecular weight is 400 g/mol. The summed E-state index contributed by atoms with van der Waals surface area (Å²) in [7, 11) is 1.86. The zero-order chi connectivity index (χ0) is 21.3. The molecule has 2 heterocycles. The lowest BCUT2D eigenvalue weighted by molar-refractivity contribution is -0.114. The van der Waals surface area contributed by atoms with Crippen LogP contribution in [0, 0.1) is 20.8 Å². The summed E-state index contributed by atoms with van der Waals surface area (Å²) >= 11 is 0. The summed E-state index contributed by atoms with van der Waals surface area (Å²) in [4.78, 5) is 23.5. The van der Waals surface area contributed by atoms with E-state index in [1.165, 1.54) is 11.9 Å². The van der Waals surface area contributed by atoms with E-state index in [0.717, 1.165) is 33.9 Å². The standard InChI is InChI=1S/C23H24N6O/c1-15-10-16(2)22(17(3)11-15)27-20(30)13-28(4)21-12-19(18-8-6-5-7-9-18)26-23-24-14-25-29(21)23/h5-12,14H,13H2,1-4H3,(H,27,30). The molecule has 0 aliphatic carbocycles. The van der Waals surface area contributed by atoms with Crippen LogP contribution in [0.5, 0.6) is 0 Å². The quantitative estimate of drug-likeness (QED) is 0.552. The second-order valence-electron chi connectivity index (χ2n) is 7.52. The molecular weight excluding hydrogens is 376 g/mol. The van der Waals surface area contributed by atoms with Crippen molar-refractivity contribution in [3.8, 4) is 11.3 Å². The van der Waals surface area contributed by atoms with Crippen LogP contribution in [0.2, 0.25) is 0 Å². The van der Waals surface area contributed by atoms with Crippen molar-refractivity contribution in [2.75, 3.05) is 23.8 Å². The number of carbonyl (C=O) groups is 1. The van der Waals surface area contributed by atoms with E-state index in [4.69, 9.17) is 0 Å². The highest BCUT2D eigenvalue weighted by atomic mass is 16.2. The van der Waals surface area contributed by atoms with Gasteiger partial charge in [0.1, 0.15) is 12.1 Å².